The molecular formula is C32H31N5O2S2. The van der Waals surface area contributed by atoms with Gasteiger partial charge in [-0.25, -0.2) is 4.68 Å². The summed E-state index contributed by atoms with van der Waals surface area (Å²) in [5, 5.41) is 17.0. The van der Waals surface area contributed by atoms with Crippen molar-refractivity contribution in [3.63, 3.8) is 0 Å². The zero-order valence-corrected chi connectivity index (χ0v) is 24.6. The Morgan fingerprint density at radius 3 is 2.61 bits per heavy atom. The number of carbonyl (C=O) groups is 1. The van der Waals surface area contributed by atoms with Gasteiger partial charge in [-0.1, -0.05) is 78.6 Å². The molecule has 6 rings (SSSR count). The highest BCUT2D eigenvalue weighted by Gasteiger charge is 2.46. The molecule has 9 heteroatoms. The van der Waals surface area contributed by atoms with Crippen LogP contribution in [0.1, 0.15) is 42.4 Å². The summed E-state index contributed by atoms with van der Waals surface area (Å²) in [5.41, 5.74) is 6.27. The number of nitrogens with one attached hydrogen (secondary N) is 1. The molecule has 2 atom stereocenters. The van der Waals surface area contributed by atoms with Crippen LogP contribution in [0.3, 0.4) is 0 Å². The molecule has 2 aromatic heterocycles. The largest absolute Gasteiger partial charge is 0.493 e. The number of carbonyl (C=O) groups excluding carboxylic acids is 1. The summed E-state index contributed by atoms with van der Waals surface area (Å²) in [6.07, 6.45) is 3.80. The van der Waals surface area contributed by atoms with Crippen molar-refractivity contribution in [2.24, 2.45) is 5.92 Å². The molecule has 5 aromatic rings. The number of ether oxygens (including phenoxy) is 1. The Kier molecular flexibility index (Phi) is 8.16. The van der Waals surface area contributed by atoms with E-state index in [9.17, 15) is 4.79 Å². The number of benzene rings is 3. The number of nitrogens with zero attached hydrogens (tertiary/aromatic N) is 4. The smallest absolute Gasteiger partial charge is 0.229 e. The van der Waals surface area contributed by atoms with Gasteiger partial charge in [-0.2, -0.15) is 5.10 Å². The summed E-state index contributed by atoms with van der Waals surface area (Å²) in [6.45, 7) is 4.85. The molecule has 7 nitrogen and oxygen atoms in total. The number of aromatic nitrogens is 4. The van der Waals surface area contributed by atoms with E-state index in [-0.39, 0.29) is 17.7 Å². The molecule has 1 saturated carbocycles. The highest BCUT2D eigenvalue weighted by atomic mass is 32.2. The molecule has 1 aliphatic rings. The maximum Gasteiger partial charge on any atom is 0.229 e. The van der Waals surface area contributed by atoms with E-state index < -0.39 is 0 Å². The van der Waals surface area contributed by atoms with E-state index in [4.69, 9.17) is 9.84 Å². The number of para-hydroxylation sites is 1. The molecular weight excluding hydrogens is 551 g/mol. The SMILES string of the molecule is CCCOc1ccc(-c2nn(-c3ccccc3)cc2C2CC2C(=O)Nc2nnc(SCc3ccccc3)s2)cc1C. The predicted octanol–water partition coefficient (Wildman–Crippen LogP) is 7.52. The number of rotatable bonds is 11. The first-order valence-corrected chi connectivity index (χ1v) is 15.6. The molecule has 2 unspecified atom stereocenters. The second-order valence-electron chi connectivity index (χ2n) is 10.1. The van der Waals surface area contributed by atoms with E-state index in [1.807, 2.05) is 59.3 Å². The van der Waals surface area contributed by atoms with Crippen molar-refractivity contribution in [2.45, 2.75) is 42.7 Å². The van der Waals surface area contributed by atoms with Crippen LogP contribution in [0.25, 0.3) is 16.9 Å². The average Bonchev–Trinajstić information content (AvgIpc) is 3.47. The second-order valence-corrected chi connectivity index (χ2v) is 12.3. The van der Waals surface area contributed by atoms with Gasteiger partial charge in [-0.05, 0) is 61.2 Å². The zero-order chi connectivity index (χ0) is 28.2. The molecule has 0 radical (unpaired) electrons. The fraction of sp³-hybridized carbons (Fsp3) is 0.250. The summed E-state index contributed by atoms with van der Waals surface area (Å²) in [6, 6.07) is 26.5. The summed E-state index contributed by atoms with van der Waals surface area (Å²) >= 11 is 3.04. The topological polar surface area (TPSA) is 81.9 Å². The Morgan fingerprint density at radius 2 is 1.85 bits per heavy atom. The normalized spacial score (nSPS) is 16.0. The van der Waals surface area contributed by atoms with Gasteiger partial charge in [0.15, 0.2) is 4.34 Å². The van der Waals surface area contributed by atoms with Crippen LogP contribution in [0, 0.1) is 12.8 Å². The summed E-state index contributed by atoms with van der Waals surface area (Å²) in [7, 11) is 0. The van der Waals surface area contributed by atoms with E-state index in [2.05, 4.69) is 59.8 Å². The summed E-state index contributed by atoms with van der Waals surface area (Å²) in [5.74, 6) is 1.62. The van der Waals surface area contributed by atoms with Crippen LogP contribution in [-0.2, 0) is 10.5 Å². The first kappa shape index (κ1) is 27.2. The van der Waals surface area contributed by atoms with Gasteiger partial charge in [0.2, 0.25) is 11.0 Å². The quantitative estimate of drug-likeness (QED) is 0.128. The van der Waals surface area contributed by atoms with Crippen LogP contribution >= 0.6 is 23.1 Å². The third-order valence-electron chi connectivity index (χ3n) is 7.04. The Balaban J connectivity index is 1.18. The highest BCUT2D eigenvalue weighted by molar-refractivity contribution is 8.00. The van der Waals surface area contributed by atoms with Crippen LogP contribution in [0.4, 0.5) is 5.13 Å². The Morgan fingerprint density at radius 1 is 1.07 bits per heavy atom. The maximum absolute atomic E-state index is 13.2. The molecule has 0 bridgehead atoms. The van der Waals surface area contributed by atoms with Crippen LogP contribution < -0.4 is 10.1 Å². The second kappa shape index (κ2) is 12.3. The van der Waals surface area contributed by atoms with Crippen LogP contribution in [0.5, 0.6) is 5.75 Å². The van der Waals surface area contributed by atoms with Gasteiger partial charge < -0.3 is 10.1 Å². The molecule has 2 heterocycles. The van der Waals surface area contributed by atoms with E-state index in [0.29, 0.717) is 11.7 Å². The minimum absolute atomic E-state index is 0.0244. The lowest BCUT2D eigenvalue weighted by molar-refractivity contribution is -0.117. The van der Waals surface area contributed by atoms with Crippen molar-refractivity contribution in [2.75, 3.05) is 11.9 Å². The first-order chi connectivity index (χ1) is 20.1. The van der Waals surface area contributed by atoms with Crippen molar-refractivity contribution in [1.29, 1.82) is 0 Å². The highest BCUT2D eigenvalue weighted by Crippen LogP contribution is 2.51. The summed E-state index contributed by atoms with van der Waals surface area (Å²) < 4.78 is 8.65. The first-order valence-electron chi connectivity index (χ1n) is 13.8. The average molecular weight is 582 g/mol. The summed E-state index contributed by atoms with van der Waals surface area (Å²) in [4.78, 5) is 13.2. The number of thioether (sulfide) groups is 1. The molecule has 1 N–H and O–H groups in total. The van der Waals surface area contributed by atoms with E-state index >= 15 is 0 Å². The lowest BCUT2D eigenvalue weighted by atomic mass is 10.0. The van der Waals surface area contributed by atoms with E-state index in [1.54, 1.807) is 11.8 Å². The molecule has 208 valence electrons. The minimum atomic E-state index is -0.139. The monoisotopic (exact) mass is 581 g/mol. The van der Waals surface area contributed by atoms with Crippen LogP contribution in [-0.4, -0.2) is 32.5 Å². The van der Waals surface area contributed by atoms with Crippen LogP contribution in [0.15, 0.2) is 89.4 Å². The van der Waals surface area contributed by atoms with Gasteiger partial charge in [0.05, 0.1) is 18.0 Å². The third kappa shape index (κ3) is 6.36. The Bertz CT molecular complexity index is 1630. The molecule has 1 fully saturated rings. The van der Waals surface area contributed by atoms with Gasteiger partial charge in [-0.3, -0.25) is 4.79 Å². The van der Waals surface area contributed by atoms with Gasteiger partial charge >= 0.3 is 0 Å². The predicted molar refractivity (Wildman–Crippen MR) is 165 cm³/mol. The number of amides is 1. The number of hydrogen-bond donors (Lipinski definition) is 1. The minimum Gasteiger partial charge on any atom is -0.493 e. The standard InChI is InChI=1S/C32H31N5O2S2/c1-3-16-39-28-15-14-23(17-21(28)2)29-27(19-37(36-29)24-12-8-5-9-13-24)25-18-26(25)30(38)33-31-34-35-32(41-31)40-20-22-10-6-4-7-11-22/h4-15,17,19,25-26H,3,16,18,20H2,1-2H3,(H,33,34,38). The van der Waals surface area contributed by atoms with Crippen molar-refractivity contribution in [3.8, 4) is 22.7 Å². The van der Waals surface area contributed by atoms with Crippen molar-refractivity contribution < 1.29 is 9.53 Å². The number of aryl methyl sites for hydroxylation is 1. The van der Waals surface area contributed by atoms with Crippen LogP contribution in [0.2, 0.25) is 0 Å². The molecule has 1 amide bonds. The number of anilines is 1. The van der Waals surface area contributed by atoms with Crippen molar-refractivity contribution in [1.82, 2.24) is 20.0 Å². The Hall–Kier alpha value is -3.95. The molecule has 41 heavy (non-hydrogen) atoms. The fourth-order valence-electron chi connectivity index (χ4n) is 4.83. The van der Waals surface area contributed by atoms with Gasteiger partial charge in [0.25, 0.3) is 0 Å². The van der Waals surface area contributed by atoms with E-state index in [1.165, 1.54) is 16.9 Å². The third-order valence-corrected chi connectivity index (χ3v) is 9.08. The molecule has 0 saturated heterocycles. The zero-order valence-electron chi connectivity index (χ0n) is 23.0. The molecule has 0 spiro atoms. The van der Waals surface area contributed by atoms with Crippen molar-refractivity contribution >= 4 is 34.1 Å². The molecule has 3 aromatic carbocycles. The molecule has 0 aliphatic heterocycles. The maximum atomic E-state index is 13.2. The van der Waals surface area contributed by atoms with Gasteiger partial charge in [0.1, 0.15) is 5.75 Å². The van der Waals surface area contributed by atoms with Gasteiger partial charge in [-0.15, -0.1) is 10.2 Å². The number of hydrogen-bond acceptors (Lipinski definition) is 7. The lowest BCUT2D eigenvalue weighted by Gasteiger charge is -2.10. The van der Waals surface area contributed by atoms with E-state index in [0.717, 1.165) is 56.8 Å². The van der Waals surface area contributed by atoms with Crippen molar-refractivity contribution in [3.05, 3.63) is 102 Å². The Labute approximate surface area is 248 Å². The fourth-order valence-corrected chi connectivity index (χ4v) is 6.54. The molecule has 1 aliphatic carbocycles. The lowest BCUT2D eigenvalue weighted by Crippen LogP contribution is -2.14. The van der Waals surface area contributed by atoms with Gasteiger partial charge in [0, 0.05) is 34.9 Å².